The monoisotopic (exact) mass is 225 g/mol. The lowest BCUT2D eigenvalue weighted by Gasteiger charge is -2.34. The van der Waals surface area contributed by atoms with Crippen molar-refractivity contribution in [3.05, 3.63) is 0 Å². The van der Waals surface area contributed by atoms with Crippen LogP contribution in [0.15, 0.2) is 0 Å². The van der Waals surface area contributed by atoms with E-state index in [9.17, 15) is 13.2 Å². The van der Waals surface area contributed by atoms with Gasteiger partial charge in [-0.3, -0.25) is 0 Å². The van der Waals surface area contributed by atoms with Gasteiger partial charge in [0.25, 0.3) is 0 Å². The number of alkyl halides is 3. The second-order valence-electron chi connectivity index (χ2n) is 6.04. The van der Waals surface area contributed by atoms with Gasteiger partial charge in [-0.05, 0) is 25.2 Å². The lowest BCUT2D eigenvalue weighted by molar-refractivity contribution is -0.175. The third-order valence-corrected chi connectivity index (χ3v) is 2.27. The van der Waals surface area contributed by atoms with Gasteiger partial charge < -0.3 is 5.73 Å². The Balaban J connectivity index is 4.39. The van der Waals surface area contributed by atoms with Gasteiger partial charge >= 0.3 is 6.18 Å². The summed E-state index contributed by atoms with van der Waals surface area (Å²) >= 11 is 0. The predicted molar refractivity (Wildman–Crippen MR) is 56.5 cm³/mol. The van der Waals surface area contributed by atoms with Gasteiger partial charge in [-0.15, -0.1) is 0 Å². The fraction of sp³-hybridized carbons (Fsp3) is 1.00. The molecular weight excluding hydrogens is 203 g/mol. The van der Waals surface area contributed by atoms with Crippen LogP contribution in [-0.2, 0) is 0 Å². The molecule has 2 unspecified atom stereocenters. The summed E-state index contributed by atoms with van der Waals surface area (Å²) in [6.45, 7) is 8.83. The first-order valence-corrected chi connectivity index (χ1v) is 5.19. The van der Waals surface area contributed by atoms with Gasteiger partial charge in [-0.2, -0.15) is 13.2 Å². The minimum absolute atomic E-state index is 0.0201. The molecule has 0 amide bonds. The van der Waals surface area contributed by atoms with Crippen LogP contribution in [0, 0.1) is 11.3 Å². The van der Waals surface area contributed by atoms with Crippen LogP contribution in [0.1, 0.15) is 47.5 Å². The Hall–Kier alpha value is -0.250. The van der Waals surface area contributed by atoms with Crippen molar-refractivity contribution in [2.75, 3.05) is 0 Å². The highest BCUT2D eigenvalue weighted by molar-refractivity contribution is 4.87. The van der Waals surface area contributed by atoms with Crippen molar-refractivity contribution in [1.82, 2.24) is 0 Å². The number of rotatable bonds is 3. The molecule has 2 N–H and O–H groups in total. The van der Waals surface area contributed by atoms with E-state index in [-0.39, 0.29) is 11.8 Å². The molecular formula is C11H22F3N. The van der Waals surface area contributed by atoms with E-state index in [2.05, 4.69) is 0 Å². The summed E-state index contributed by atoms with van der Waals surface area (Å²) in [6, 6.07) is 0. The molecule has 0 aromatic heterocycles. The highest BCUT2D eigenvalue weighted by Crippen LogP contribution is 2.35. The molecule has 0 heterocycles. The van der Waals surface area contributed by atoms with Gasteiger partial charge in [-0.1, -0.05) is 27.7 Å². The number of hydrogen-bond acceptors (Lipinski definition) is 1. The van der Waals surface area contributed by atoms with Gasteiger partial charge in [0.05, 0.1) is 5.92 Å². The molecule has 0 aromatic carbocycles. The molecule has 0 aromatic rings. The zero-order valence-electron chi connectivity index (χ0n) is 10.2. The molecule has 92 valence electrons. The third kappa shape index (κ3) is 6.77. The summed E-state index contributed by atoms with van der Waals surface area (Å²) < 4.78 is 37.1. The maximum absolute atomic E-state index is 12.4. The van der Waals surface area contributed by atoms with Crippen LogP contribution in [0.3, 0.4) is 0 Å². The van der Waals surface area contributed by atoms with E-state index in [0.717, 1.165) is 0 Å². The van der Waals surface area contributed by atoms with E-state index in [4.69, 9.17) is 5.73 Å². The molecule has 15 heavy (non-hydrogen) atoms. The molecule has 0 radical (unpaired) electrons. The second-order valence-corrected chi connectivity index (χ2v) is 6.04. The largest absolute Gasteiger partial charge is 0.391 e. The van der Waals surface area contributed by atoms with Crippen molar-refractivity contribution in [3.63, 3.8) is 0 Å². The average Bonchev–Trinajstić information content (AvgIpc) is 1.76. The standard InChI is InChI=1S/C11H22F3N/c1-8(11(12,13)14)6-10(5,15)7-9(2,3)4/h8H,6-7,15H2,1-5H3. The first-order chi connectivity index (χ1) is 6.33. The summed E-state index contributed by atoms with van der Waals surface area (Å²) in [7, 11) is 0. The van der Waals surface area contributed by atoms with Crippen molar-refractivity contribution < 1.29 is 13.2 Å². The van der Waals surface area contributed by atoms with Gasteiger partial charge in [0.2, 0.25) is 0 Å². The molecule has 0 fully saturated rings. The van der Waals surface area contributed by atoms with E-state index in [1.165, 1.54) is 6.92 Å². The minimum atomic E-state index is -4.14. The lowest BCUT2D eigenvalue weighted by Crippen LogP contribution is -2.43. The Labute approximate surface area is 90.2 Å². The normalized spacial score (nSPS) is 19.8. The molecule has 2 atom stereocenters. The van der Waals surface area contributed by atoms with Crippen LogP contribution < -0.4 is 5.73 Å². The van der Waals surface area contributed by atoms with Gasteiger partial charge in [0.15, 0.2) is 0 Å². The highest BCUT2D eigenvalue weighted by Gasteiger charge is 2.40. The first kappa shape index (κ1) is 14.8. The summed E-state index contributed by atoms with van der Waals surface area (Å²) in [6.07, 6.45) is -3.58. The van der Waals surface area contributed by atoms with Crippen LogP contribution in [0.5, 0.6) is 0 Å². The summed E-state index contributed by atoms with van der Waals surface area (Å²) in [4.78, 5) is 0. The molecule has 0 saturated heterocycles. The number of hydrogen-bond donors (Lipinski definition) is 1. The molecule has 0 aliphatic carbocycles. The zero-order chi connectivity index (χ0) is 12.5. The Bertz CT molecular complexity index is 201. The fourth-order valence-electron chi connectivity index (χ4n) is 2.10. The number of halogens is 3. The molecule has 0 aliphatic heterocycles. The summed E-state index contributed by atoms with van der Waals surface area (Å²) in [5.41, 5.74) is 5.10. The van der Waals surface area contributed by atoms with Gasteiger partial charge in [0, 0.05) is 5.54 Å². The number of nitrogens with two attached hydrogens (primary N) is 1. The van der Waals surface area contributed by atoms with E-state index in [1.54, 1.807) is 6.92 Å². The maximum atomic E-state index is 12.4. The van der Waals surface area contributed by atoms with Crippen LogP contribution in [0.4, 0.5) is 13.2 Å². The SMILES string of the molecule is CC(CC(C)(N)CC(C)(C)C)C(F)(F)F. The van der Waals surface area contributed by atoms with E-state index in [0.29, 0.717) is 6.42 Å². The van der Waals surface area contributed by atoms with Crippen LogP contribution in [0.25, 0.3) is 0 Å². The van der Waals surface area contributed by atoms with E-state index < -0.39 is 17.6 Å². The molecule has 0 bridgehead atoms. The molecule has 4 heteroatoms. The van der Waals surface area contributed by atoms with Crippen molar-refractivity contribution >= 4 is 0 Å². The summed E-state index contributed by atoms with van der Waals surface area (Å²) in [5.74, 6) is -1.34. The van der Waals surface area contributed by atoms with Crippen LogP contribution in [-0.4, -0.2) is 11.7 Å². The van der Waals surface area contributed by atoms with Crippen molar-refractivity contribution in [2.45, 2.75) is 59.2 Å². The molecule has 0 aliphatic rings. The highest BCUT2D eigenvalue weighted by atomic mass is 19.4. The predicted octanol–water partition coefficient (Wildman–Crippen LogP) is 3.73. The summed E-state index contributed by atoms with van der Waals surface area (Å²) in [5, 5.41) is 0. The van der Waals surface area contributed by atoms with Crippen molar-refractivity contribution in [1.29, 1.82) is 0 Å². The smallest absolute Gasteiger partial charge is 0.325 e. The third-order valence-electron chi connectivity index (χ3n) is 2.27. The van der Waals surface area contributed by atoms with Crippen molar-refractivity contribution in [2.24, 2.45) is 17.1 Å². The quantitative estimate of drug-likeness (QED) is 0.778. The molecule has 0 rings (SSSR count). The van der Waals surface area contributed by atoms with Gasteiger partial charge in [-0.25, -0.2) is 0 Å². The second kappa shape index (κ2) is 4.32. The minimum Gasteiger partial charge on any atom is -0.325 e. The first-order valence-electron chi connectivity index (χ1n) is 5.19. The maximum Gasteiger partial charge on any atom is 0.391 e. The Morgan fingerprint density at radius 3 is 1.73 bits per heavy atom. The lowest BCUT2D eigenvalue weighted by atomic mass is 9.77. The van der Waals surface area contributed by atoms with E-state index >= 15 is 0 Å². The van der Waals surface area contributed by atoms with Crippen LogP contribution in [0.2, 0.25) is 0 Å². The molecule has 1 nitrogen and oxygen atoms in total. The fourth-order valence-corrected chi connectivity index (χ4v) is 2.10. The topological polar surface area (TPSA) is 26.0 Å². The van der Waals surface area contributed by atoms with E-state index in [1.807, 2.05) is 20.8 Å². The molecule has 0 spiro atoms. The Morgan fingerprint density at radius 1 is 1.07 bits per heavy atom. The van der Waals surface area contributed by atoms with Crippen LogP contribution >= 0.6 is 0 Å². The molecule has 0 saturated carbocycles. The zero-order valence-corrected chi connectivity index (χ0v) is 10.2. The Morgan fingerprint density at radius 2 is 1.47 bits per heavy atom. The average molecular weight is 225 g/mol. The van der Waals surface area contributed by atoms with Crippen molar-refractivity contribution in [3.8, 4) is 0 Å². The Kier molecular flexibility index (Phi) is 4.25. The van der Waals surface area contributed by atoms with Gasteiger partial charge in [0.1, 0.15) is 0 Å².